The first kappa shape index (κ1) is 18.3. The van der Waals surface area contributed by atoms with Crippen LogP contribution in [0.2, 0.25) is 0 Å². The van der Waals surface area contributed by atoms with E-state index in [-0.39, 0.29) is 12.0 Å². The zero-order valence-corrected chi connectivity index (χ0v) is 15.4. The van der Waals surface area contributed by atoms with Gasteiger partial charge in [-0.15, -0.1) is 0 Å². The van der Waals surface area contributed by atoms with E-state index in [0.717, 1.165) is 64.1 Å². The predicted molar refractivity (Wildman–Crippen MR) is 93.0 cm³/mol. The highest BCUT2D eigenvalue weighted by molar-refractivity contribution is 5.79. The summed E-state index contributed by atoms with van der Waals surface area (Å²) in [6.45, 7) is 8.87. The summed E-state index contributed by atoms with van der Waals surface area (Å²) in [4.78, 5) is 21.5. The highest BCUT2D eigenvalue weighted by atomic mass is 16.5. The summed E-state index contributed by atoms with van der Waals surface area (Å²) in [7, 11) is 0. The molecule has 0 N–H and O–H groups in total. The first-order chi connectivity index (χ1) is 12.2. The third-order valence-electron chi connectivity index (χ3n) is 5.34. The van der Waals surface area contributed by atoms with E-state index in [1.54, 1.807) is 0 Å². The van der Waals surface area contributed by atoms with Crippen LogP contribution in [-0.4, -0.2) is 65.2 Å². The molecule has 25 heavy (non-hydrogen) atoms. The van der Waals surface area contributed by atoms with E-state index in [9.17, 15) is 4.79 Å². The van der Waals surface area contributed by atoms with E-state index < -0.39 is 0 Å². The van der Waals surface area contributed by atoms with E-state index in [1.165, 1.54) is 0 Å². The van der Waals surface area contributed by atoms with Crippen LogP contribution in [0.5, 0.6) is 0 Å². The molecule has 2 saturated heterocycles. The standard InChI is InChI=1S/C18H30N4O3/c1-3-4-5-16-19-17(25-20-16)14(2)21-8-6-15(7-9-21)18(23)22-10-12-24-13-11-22/h14-15H,3-13H2,1-2H3. The summed E-state index contributed by atoms with van der Waals surface area (Å²) in [6, 6.07) is 0.113. The molecule has 1 amide bonds. The number of rotatable bonds is 6. The number of aryl methyl sites for hydroxylation is 1. The van der Waals surface area contributed by atoms with Crippen LogP contribution < -0.4 is 0 Å². The molecule has 0 aliphatic carbocycles. The SMILES string of the molecule is CCCCc1noc(C(C)N2CCC(C(=O)N3CCOCC3)CC2)n1. The predicted octanol–water partition coefficient (Wildman–Crippen LogP) is 2.04. The largest absolute Gasteiger partial charge is 0.378 e. The summed E-state index contributed by atoms with van der Waals surface area (Å²) in [5, 5.41) is 4.09. The number of morpholine rings is 1. The highest BCUT2D eigenvalue weighted by Crippen LogP contribution is 2.27. The molecule has 7 heteroatoms. The van der Waals surface area contributed by atoms with Crippen molar-refractivity contribution in [3.05, 3.63) is 11.7 Å². The summed E-state index contributed by atoms with van der Waals surface area (Å²) < 4.78 is 10.8. The zero-order chi connectivity index (χ0) is 17.6. The molecule has 2 aliphatic heterocycles. The Morgan fingerprint density at radius 3 is 2.64 bits per heavy atom. The van der Waals surface area contributed by atoms with Crippen LogP contribution in [0.4, 0.5) is 0 Å². The molecule has 0 spiro atoms. The number of aromatic nitrogens is 2. The molecule has 2 fully saturated rings. The monoisotopic (exact) mass is 350 g/mol. The first-order valence-corrected chi connectivity index (χ1v) is 9.62. The Morgan fingerprint density at radius 1 is 1.24 bits per heavy atom. The van der Waals surface area contributed by atoms with E-state index in [1.807, 2.05) is 4.90 Å². The molecule has 1 atom stereocenters. The molecule has 2 aliphatic rings. The number of piperidine rings is 1. The van der Waals surface area contributed by atoms with Gasteiger partial charge in [0.05, 0.1) is 19.3 Å². The van der Waals surface area contributed by atoms with E-state index in [4.69, 9.17) is 9.26 Å². The van der Waals surface area contributed by atoms with Crippen LogP contribution in [0.15, 0.2) is 4.52 Å². The second kappa shape index (κ2) is 8.76. The molecule has 140 valence electrons. The minimum absolute atomic E-state index is 0.113. The fourth-order valence-corrected chi connectivity index (χ4v) is 3.61. The van der Waals surface area contributed by atoms with E-state index in [0.29, 0.717) is 25.0 Å². The van der Waals surface area contributed by atoms with E-state index in [2.05, 4.69) is 28.9 Å². The van der Waals surface area contributed by atoms with Crippen molar-refractivity contribution in [2.24, 2.45) is 5.92 Å². The van der Waals surface area contributed by atoms with Gasteiger partial charge in [0, 0.05) is 25.4 Å². The van der Waals surface area contributed by atoms with Gasteiger partial charge in [0.1, 0.15) is 0 Å². The molecule has 1 aromatic rings. The molecule has 0 aromatic carbocycles. The van der Waals surface area contributed by atoms with Crippen molar-refractivity contribution in [2.75, 3.05) is 39.4 Å². The maximum atomic E-state index is 12.6. The fraction of sp³-hybridized carbons (Fsp3) is 0.833. The van der Waals surface area contributed by atoms with Crippen LogP contribution >= 0.6 is 0 Å². The van der Waals surface area contributed by atoms with Crippen molar-refractivity contribution >= 4 is 5.91 Å². The molecule has 7 nitrogen and oxygen atoms in total. The molecule has 1 aromatic heterocycles. The quantitative estimate of drug-likeness (QED) is 0.782. The minimum atomic E-state index is 0.113. The van der Waals surface area contributed by atoms with Gasteiger partial charge in [-0.2, -0.15) is 4.98 Å². The number of carbonyl (C=O) groups is 1. The average molecular weight is 350 g/mol. The third-order valence-corrected chi connectivity index (χ3v) is 5.34. The molecular formula is C18H30N4O3. The number of likely N-dealkylation sites (tertiary alicyclic amines) is 1. The van der Waals surface area contributed by atoms with Crippen molar-refractivity contribution in [2.45, 2.75) is 52.0 Å². The number of nitrogens with zero attached hydrogens (tertiary/aromatic N) is 4. The number of amides is 1. The zero-order valence-electron chi connectivity index (χ0n) is 15.4. The Kier molecular flexibility index (Phi) is 6.42. The summed E-state index contributed by atoms with van der Waals surface area (Å²) >= 11 is 0. The topological polar surface area (TPSA) is 71.7 Å². The number of hydrogen-bond acceptors (Lipinski definition) is 6. The second-order valence-electron chi connectivity index (χ2n) is 7.08. The summed E-state index contributed by atoms with van der Waals surface area (Å²) in [5.41, 5.74) is 0. The highest BCUT2D eigenvalue weighted by Gasteiger charge is 2.32. The molecule has 0 saturated carbocycles. The van der Waals surface area contributed by atoms with Gasteiger partial charge < -0.3 is 14.2 Å². The minimum Gasteiger partial charge on any atom is -0.378 e. The number of hydrogen-bond donors (Lipinski definition) is 0. The summed E-state index contributed by atoms with van der Waals surface area (Å²) in [5.74, 6) is 1.95. The van der Waals surface area contributed by atoms with E-state index >= 15 is 0 Å². The lowest BCUT2D eigenvalue weighted by atomic mass is 9.94. The number of ether oxygens (including phenoxy) is 1. The van der Waals surface area contributed by atoms with Gasteiger partial charge in [0.25, 0.3) is 0 Å². The molecule has 3 heterocycles. The normalized spacial score (nSPS) is 21.4. The Bertz CT molecular complexity index is 548. The van der Waals surface area contributed by atoms with Gasteiger partial charge in [-0.3, -0.25) is 9.69 Å². The maximum Gasteiger partial charge on any atom is 0.243 e. The average Bonchev–Trinajstić information content (AvgIpc) is 3.15. The van der Waals surface area contributed by atoms with Gasteiger partial charge in [0.2, 0.25) is 11.8 Å². The molecule has 0 bridgehead atoms. The number of unbranched alkanes of at least 4 members (excludes halogenated alkanes) is 1. The molecular weight excluding hydrogens is 320 g/mol. The Hall–Kier alpha value is -1.47. The Balaban J connectivity index is 1.49. The summed E-state index contributed by atoms with van der Waals surface area (Å²) in [6.07, 6.45) is 4.89. The van der Waals surface area contributed by atoms with Crippen LogP contribution in [0.1, 0.15) is 57.3 Å². The molecule has 1 unspecified atom stereocenters. The van der Waals surface area contributed by atoms with Crippen molar-refractivity contribution < 1.29 is 14.1 Å². The van der Waals surface area contributed by atoms with Crippen LogP contribution in [0.3, 0.4) is 0 Å². The molecule has 3 rings (SSSR count). The second-order valence-corrected chi connectivity index (χ2v) is 7.08. The Labute approximate surface area is 149 Å². The first-order valence-electron chi connectivity index (χ1n) is 9.62. The van der Waals surface area contributed by atoms with Gasteiger partial charge in [0.15, 0.2) is 5.82 Å². The van der Waals surface area contributed by atoms with Crippen LogP contribution in [0, 0.1) is 5.92 Å². The van der Waals surface area contributed by atoms with Crippen LogP contribution in [0.25, 0.3) is 0 Å². The van der Waals surface area contributed by atoms with Crippen molar-refractivity contribution in [3.8, 4) is 0 Å². The lowest BCUT2D eigenvalue weighted by molar-refractivity contribution is -0.141. The van der Waals surface area contributed by atoms with Crippen molar-refractivity contribution in [3.63, 3.8) is 0 Å². The van der Waals surface area contributed by atoms with Crippen LogP contribution in [-0.2, 0) is 16.0 Å². The van der Waals surface area contributed by atoms with Gasteiger partial charge in [-0.25, -0.2) is 0 Å². The number of carbonyl (C=O) groups excluding carboxylic acids is 1. The lowest BCUT2D eigenvalue weighted by Crippen LogP contribution is -2.47. The van der Waals surface area contributed by atoms with Crippen molar-refractivity contribution in [1.29, 1.82) is 0 Å². The fourth-order valence-electron chi connectivity index (χ4n) is 3.61. The van der Waals surface area contributed by atoms with Gasteiger partial charge in [-0.05, 0) is 39.3 Å². The van der Waals surface area contributed by atoms with Gasteiger partial charge >= 0.3 is 0 Å². The lowest BCUT2D eigenvalue weighted by Gasteiger charge is -2.37. The molecule has 0 radical (unpaired) electrons. The maximum absolute atomic E-state index is 12.6. The van der Waals surface area contributed by atoms with Gasteiger partial charge in [-0.1, -0.05) is 18.5 Å². The third kappa shape index (κ3) is 4.58. The van der Waals surface area contributed by atoms with Crippen molar-refractivity contribution in [1.82, 2.24) is 19.9 Å². The Morgan fingerprint density at radius 2 is 1.96 bits per heavy atom. The smallest absolute Gasteiger partial charge is 0.243 e.